The van der Waals surface area contributed by atoms with Crippen LogP contribution in [0.25, 0.3) is 0 Å². The average Bonchev–Trinajstić information content (AvgIpc) is 2.93. The molecule has 1 N–H and O–H groups in total. The van der Waals surface area contributed by atoms with Crippen LogP contribution in [-0.2, 0) is 0 Å². The van der Waals surface area contributed by atoms with Crippen molar-refractivity contribution < 1.29 is 23.9 Å². The lowest BCUT2D eigenvalue weighted by atomic mass is 10.0. The third-order valence-electron chi connectivity index (χ3n) is 5.59. The van der Waals surface area contributed by atoms with Crippen LogP contribution in [0.1, 0.15) is 75.8 Å². The summed E-state index contributed by atoms with van der Waals surface area (Å²) in [5, 5.41) is 2.95. The second-order valence-electron chi connectivity index (χ2n) is 7.83. The minimum Gasteiger partial charge on any atom is -0.490 e. The van der Waals surface area contributed by atoms with Crippen LogP contribution in [0.5, 0.6) is 11.5 Å². The van der Waals surface area contributed by atoms with Gasteiger partial charge in [0.1, 0.15) is 0 Å². The molecule has 2 aliphatic heterocycles. The first-order valence-corrected chi connectivity index (χ1v) is 10.7. The van der Waals surface area contributed by atoms with Gasteiger partial charge in [0.15, 0.2) is 11.5 Å². The smallest absolute Gasteiger partial charge is 0.261 e. The summed E-state index contributed by atoms with van der Waals surface area (Å²) in [6, 6.07) is 10.0. The van der Waals surface area contributed by atoms with Gasteiger partial charge in [-0.25, -0.2) is 0 Å². The number of benzene rings is 2. The first-order chi connectivity index (χ1) is 15.0. The molecule has 0 saturated heterocycles. The molecule has 7 nitrogen and oxygen atoms in total. The molecule has 0 spiro atoms. The zero-order valence-corrected chi connectivity index (χ0v) is 17.8. The molecule has 2 heterocycles. The van der Waals surface area contributed by atoms with Crippen LogP contribution in [0.15, 0.2) is 36.4 Å². The Morgan fingerprint density at radius 1 is 1.03 bits per heavy atom. The minimum absolute atomic E-state index is 0.281. The van der Waals surface area contributed by atoms with Gasteiger partial charge in [0.05, 0.1) is 30.4 Å². The Morgan fingerprint density at radius 2 is 1.77 bits per heavy atom. The summed E-state index contributed by atoms with van der Waals surface area (Å²) in [6.07, 6.45) is 2.47. The fourth-order valence-corrected chi connectivity index (χ4v) is 3.76. The number of rotatable bonds is 6. The van der Waals surface area contributed by atoms with Crippen molar-refractivity contribution in [3.8, 4) is 11.5 Å². The van der Waals surface area contributed by atoms with E-state index in [9.17, 15) is 14.4 Å². The highest BCUT2D eigenvalue weighted by atomic mass is 16.5. The zero-order valence-electron chi connectivity index (χ0n) is 17.8. The van der Waals surface area contributed by atoms with Gasteiger partial charge in [0.25, 0.3) is 17.7 Å². The number of hydrogen-bond acceptors (Lipinski definition) is 5. The maximum Gasteiger partial charge on any atom is 0.261 e. The molecular formula is C24H26N2O5. The van der Waals surface area contributed by atoms with Crippen LogP contribution < -0.4 is 14.8 Å². The largest absolute Gasteiger partial charge is 0.490 e. The molecule has 2 aliphatic rings. The molecule has 0 radical (unpaired) electrons. The second kappa shape index (κ2) is 8.79. The molecule has 7 heteroatoms. The van der Waals surface area contributed by atoms with Crippen LogP contribution in [0.4, 0.5) is 0 Å². The van der Waals surface area contributed by atoms with E-state index < -0.39 is 0 Å². The number of fused-ring (bicyclic) bond motifs is 2. The zero-order chi connectivity index (χ0) is 22.0. The maximum atomic E-state index is 12.8. The highest BCUT2D eigenvalue weighted by Crippen LogP contribution is 2.32. The Bertz CT molecular complexity index is 1030. The van der Waals surface area contributed by atoms with E-state index in [2.05, 4.69) is 5.32 Å². The van der Waals surface area contributed by atoms with Gasteiger partial charge in [-0.05, 0) is 49.2 Å². The van der Waals surface area contributed by atoms with E-state index in [-0.39, 0.29) is 29.3 Å². The van der Waals surface area contributed by atoms with Gasteiger partial charge in [-0.3, -0.25) is 19.3 Å². The van der Waals surface area contributed by atoms with E-state index >= 15 is 0 Å². The summed E-state index contributed by atoms with van der Waals surface area (Å²) in [7, 11) is 0. The molecule has 3 amide bonds. The summed E-state index contributed by atoms with van der Waals surface area (Å²) in [4.78, 5) is 39.2. The SMILES string of the molecule is CCCCN1C(=O)c2ccc(C(=O)NC(C)c3ccc4c(c3)OCCCO4)cc2C1=O. The molecule has 0 bridgehead atoms. The van der Waals surface area contributed by atoms with Crippen LogP contribution >= 0.6 is 0 Å². The number of nitrogens with zero attached hydrogens (tertiary/aromatic N) is 1. The summed E-state index contributed by atoms with van der Waals surface area (Å²) in [6.45, 7) is 5.49. The van der Waals surface area contributed by atoms with Crippen molar-refractivity contribution in [2.75, 3.05) is 19.8 Å². The Hall–Kier alpha value is -3.35. The van der Waals surface area contributed by atoms with E-state index in [0.717, 1.165) is 24.8 Å². The Morgan fingerprint density at radius 3 is 2.55 bits per heavy atom. The monoisotopic (exact) mass is 422 g/mol. The van der Waals surface area contributed by atoms with E-state index in [0.29, 0.717) is 42.4 Å². The van der Waals surface area contributed by atoms with Crippen LogP contribution in [0.3, 0.4) is 0 Å². The van der Waals surface area contributed by atoms with Gasteiger partial charge in [0, 0.05) is 18.5 Å². The first-order valence-electron chi connectivity index (χ1n) is 10.7. The second-order valence-corrected chi connectivity index (χ2v) is 7.83. The van der Waals surface area contributed by atoms with Crippen LogP contribution in [0, 0.1) is 0 Å². The normalized spacial score (nSPS) is 16.0. The molecule has 162 valence electrons. The fourth-order valence-electron chi connectivity index (χ4n) is 3.76. The van der Waals surface area contributed by atoms with Crippen molar-refractivity contribution in [3.63, 3.8) is 0 Å². The molecule has 0 aromatic heterocycles. The highest BCUT2D eigenvalue weighted by Gasteiger charge is 2.35. The minimum atomic E-state index is -0.334. The summed E-state index contributed by atoms with van der Waals surface area (Å²) in [5.41, 5.74) is 1.87. The highest BCUT2D eigenvalue weighted by molar-refractivity contribution is 6.22. The molecule has 1 unspecified atom stereocenters. The Kier molecular flexibility index (Phi) is 5.93. The molecular weight excluding hydrogens is 396 g/mol. The number of carbonyl (C=O) groups excluding carboxylic acids is 3. The Labute approximate surface area is 181 Å². The third kappa shape index (κ3) is 4.13. The lowest BCUT2D eigenvalue weighted by Crippen LogP contribution is -2.30. The standard InChI is InChI=1S/C24H26N2O5/c1-3-4-10-26-23(28)18-8-6-17(13-19(18)24(26)29)22(27)25-15(2)16-7-9-20-21(14-16)31-12-5-11-30-20/h6-9,13-15H,3-5,10-12H2,1-2H3,(H,25,27). The molecule has 0 aliphatic carbocycles. The molecule has 2 aromatic carbocycles. The summed E-state index contributed by atoms with van der Waals surface area (Å²) < 4.78 is 11.4. The lowest BCUT2D eigenvalue weighted by molar-refractivity contribution is 0.0652. The van der Waals surface area contributed by atoms with E-state index in [1.165, 1.54) is 11.0 Å². The molecule has 0 fully saturated rings. The first kappa shape index (κ1) is 20.9. The fraction of sp³-hybridized carbons (Fsp3) is 0.375. The lowest BCUT2D eigenvalue weighted by Gasteiger charge is -2.16. The number of carbonyl (C=O) groups is 3. The van der Waals surface area contributed by atoms with Crippen molar-refractivity contribution >= 4 is 17.7 Å². The predicted octanol–water partition coefficient (Wildman–Crippen LogP) is 3.74. The van der Waals surface area contributed by atoms with Gasteiger partial charge in [-0.2, -0.15) is 0 Å². The quantitative estimate of drug-likeness (QED) is 0.717. The van der Waals surface area contributed by atoms with Gasteiger partial charge in [0.2, 0.25) is 0 Å². The van der Waals surface area contributed by atoms with Crippen molar-refractivity contribution in [1.29, 1.82) is 0 Å². The van der Waals surface area contributed by atoms with E-state index in [1.54, 1.807) is 12.1 Å². The Balaban J connectivity index is 1.49. The molecule has 4 rings (SSSR count). The number of amides is 3. The molecule has 31 heavy (non-hydrogen) atoms. The topological polar surface area (TPSA) is 84.9 Å². The van der Waals surface area contributed by atoms with Crippen LogP contribution in [0.2, 0.25) is 0 Å². The average molecular weight is 422 g/mol. The number of nitrogens with one attached hydrogen (secondary N) is 1. The van der Waals surface area contributed by atoms with Gasteiger partial charge in [-0.1, -0.05) is 19.4 Å². The molecule has 2 aromatic rings. The van der Waals surface area contributed by atoms with Gasteiger partial charge < -0.3 is 14.8 Å². The van der Waals surface area contributed by atoms with Gasteiger partial charge >= 0.3 is 0 Å². The maximum absolute atomic E-state index is 12.8. The van der Waals surface area contributed by atoms with Gasteiger partial charge in [-0.15, -0.1) is 0 Å². The van der Waals surface area contributed by atoms with Crippen LogP contribution in [-0.4, -0.2) is 42.4 Å². The third-order valence-corrected chi connectivity index (χ3v) is 5.59. The number of ether oxygens (including phenoxy) is 2. The predicted molar refractivity (Wildman–Crippen MR) is 115 cm³/mol. The summed E-state index contributed by atoms with van der Waals surface area (Å²) >= 11 is 0. The molecule has 1 atom stereocenters. The van der Waals surface area contributed by atoms with Crippen molar-refractivity contribution in [3.05, 3.63) is 58.7 Å². The number of hydrogen-bond donors (Lipinski definition) is 1. The van der Waals surface area contributed by atoms with Crippen molar-refractivity contribution in [1.82, 2.24) is 10.2 Å². The summed E-state index contributed by atoms with van der Waals surface area (Å²) in [5.74, 6) is 0.439. The molecule has 0 saturated carbocycles. The van der Waals surface area contributed by atoms with E-state index in [1.807, 2.05) is 32.0 Å². The van der Waals surface area contributed by atoms with E-state index in [4.69, 9.17) is 9.47 Å². The van der Waals surface area contributed by atoms with Crippen molar-refractivity contribution in [2.45, 2.75) is 39.2 Å². The number of imide groups is 1. The van der Waals surface area contributed by atoms with Crippen molar-refractivity contribution in [2.24, 2.45) is 0 Å². The number of unbranched alkanes of at least 4 members (excludes halogenated alkanes) is 1.